The Labute approximate surface area is 158 Å². The number of carbonyl (C=O) groups is 2. The molecule has 8 heteroatoms. The first kappa shape index (κ1) is 19.4. The van der Waals surface area contributed by atoms with Crippen LogP contribution in [0.15, 0.2) is 24.3 Å². The monoisotopic (exact) mass is 377 g/mol. The van der Waals surface area contributed by atoms with Crippen LogP contribution in [0.5, 0.6) is 0 Å². The van der Waals surface area contributed by atoms with Crippen molar-refractivity contribution in [3.63, 3.8) is 0 Å². The molecular formula is C19H27N3O5. The van der Waals surface area contributed by atoms with Crippen LogP contribution in [0.25, 0.3) is 0 Å². The molecule has 2 heterocycles. The van der Waals surface area contributed by atoms with E-state index in [1.807, 2.05) is 31.2 Å². The number of hydrogen-bond donors (Lipinski definition) is 3. The highest BCUT2D eigenvalue weighted by Crippen LogP contribution is 2.29. The first-order valence-corrected chi connectivity index (χ1v) is 9.33. The highest BCUT2D eigenvalue weighted by atomic mass is 16.6. The van der Waals surface area contributed by atoms with Crippen molar-refractivity contribution < 1.29 is 23.8 Å². The summed E-state index contributed by atoms with van der Waals surface area (Å²) < 4.78 is 16.7. The third-order valence-electron chi connectivity index (χ3n) is 4.74. The molecule has 3 rings (SSSR count). The molecule has 3 amide bonds. The van der Waals surface area contributed by atoms with E-state index in [4.69, 9.17) is 14.2 Å². The third-order valence-corrected chi connectivity index (χ3v) is 4.74. The van der Waals surface area contributed by atoms with Crippen molar-refractivity contribution in [2.24, 2.45) is 0 Å². The van der Waals surface area contributed by atoms with Gasteiger partial charge in [0, 0.05) is 12.2 Å². The number of ether oxygens (including phenoxy) is 3. The largest absolute Gasteiger partial charge is 0.441 e. The van der Waals surface area contributed by atoms with Crippen molar-refractivity contribution in [2.45, 2.75) is 51.0 Å². The lowest BCUT2D eigenvalue weighted by atomic mass is 10.0. The molecule has 1 aromatic carbocycles. The molecule has 0 unspecified atom stereocenters. The number of urea groups is 1. The van der Waals surface area contributed by atoms with Gasteiger partial charge < -0.3 is 30.2 Å². The van der Waals surface area contributed by atoms with Crippen LogP contribution in [0.3, 0.4) is 0 Å². The maximum absolute atomic E-state index is 12.3. The molecule has 0 saturated carbocycles. The minimum Gasteiger partial charge on any atom is -0.441 e. The van der Waals surface area contributed by atoms with E-state index in [1.165, 1.54) is 5.56 Å². The van der Waals surface area contributed by atoms with E-state index in [0.717, 1.165) is 5.69 Å². The SMILES string of the molecule is CCNC(=O)O[C@H]1CO[C@@H]2[C@@H]1OC[C@@H]2NC(=O)Nc1ccc(C(C)C)cc1. The van der Waals surface area contributed by atoms with Crippen LogP contribution >= 0.6 is 0 Å². The number of benzene rings is 1. The number of carbonyl (C=O) groups excluding carboxylic acids is 2. The molecule has 0 spiro atoms. The van der Waals surface area contributed by atoms with Gasteiger partial charge in [0.2, 0.25) is 0 Å². The number of alkyl carbamates (subject to hydrolysis) is 1. The Morgan fingerprint density at radius 3 is 2.52 bits per heavy atom. The Hall–Kier alpha value is -2.32. The van der Waals surface area contributed by atoms with Gasteiger partial charge in [0.05, 0.1) is 19.3 Å². The fraction of sp³-hybridized carbons (Fsp3) is 0.579. The van der Waals surface area contributed by atoms with Gasteiger partial charge in [0.25, 0.3) is 0 Å². The molecule has 0 radical (unpaired) electrons. The predicted molar refractivity (Wildman–Crippen MR) is 99.9 cm³/mol. The minimum absolute atomic E-state index is 0.253. The number of hydrogen-bond acceptors (Lipinski definition) is 5. The van der Waals surface area contributed by atoms with Crippen molar-refractivity contribution in [3.8, 4) is 0 Å². The number of nitrogens with one attached hydrogen (secondary N) is 3. The van der Waals surface area contributed by atoms with Gasteiger partial charge in [-0.25, -0.2) is 9.59 Å². The lowest BCUT2D eigenvalue weighted by Gasteiger charge is -2.18. The Morgan fingerprint density at radius 2 is 1.85 bits per heavy atom. The third kappa shape index (κ3) is 4.70. The molecule has 2 aliphatic rings. The van der Waals surface area contributed by atoms with Crippen molar-refractivity contribution in [2.75, 3.05) is 25.1 Å². The smallest absolute Gasteiger partial charge is 0.407 e. The van der Waals surface area contributed by atoms with Crippen molar-refractivity contribution >= 4 is 17.8 Å². The van der Waals surface area contributed by atoms with E-state index < -0.39 is 12.2 Å². The first-order chi connectivity index (χ1) is 13.0. The molecule has 2 fully saturated rings. The van der Waals surface area contributed by atoms with Gasteiger partial charge in [0.1, 0.15) is 12.2 Å². The summed E-state index contributed by atoms with van der Waals surface area (Å²) in [6.07, 6.45) is -1.67. The van der Waals surface area contributed by atoms with Gasteiger partial charge >= 0.3 is 12.1 Å². The van der Waals surface area contributed by atoms with E-state index in [0.29, 0.717) is 19.1 Å². The summed E-state index contributed by atoms with van der Waals surface area (Å²) in [5.41, 5.74) is 1.93. The molecule has 1 aromatic rings. The molecule has 148 valence electrons. The Morgan fingerprint density at radius 1 is 1.15 bits per heavy atom. The summed E-state index contributed by atoms with van der Waals surface area (Å²) in [7, 11) is 0. The van der Waals surface area contributed by atoms with E-state index in [9.17, 15) is 9.59 Å². The summed E-state index contributed by atoms with van der Waals surface area (Å²) in [5, 5.41) is 8.28. The molecule has 0 aromatic heterocycles. The molecule has 8 nitrogen and oxygen atoms in total. The Kier molecular flexibility index (Phi) is 6.18. The van der Waals surface area contributed by atoms with E-state index in [2.05, 4.69) is 29.8 Å². The van der Waals surface area contributed by atoms with E-state index in [1.54, 1.807) is 0 Å². The van der Waals surface area contributed by atoms with Gasteiger partial charge in [-0.3, -0.25) is 0 Å². The van der Waals surface area contributed by atoms with Crippen molar-refractivity contribution in [1.82, 2.24) is 10.6 Å². The molecule has 4 atom stereocenters. The maximum Gasteiger partial charge on any atom is 0.407 e. The quantitative estimate of drug-likeness (QED) is 0.731. The summed E-state index contributed by atoms with van der Waals surface area (Å²) >= 11 is 0. The molecule has 2 saturated heterocycles. The summed E-state index contributed by atoms with van der Waals surface area (Å²) in [6.45, 7) is 7.11. The molecule has 3 N–H and O–H groups in total. The molecule has 2 aliphatic heterocycles. The van der Waals surface area contributed by atoms with Crippen LogP contribution in [0.2, 0.25) is 0 Å². The van der Waals surface area contributed by atoms with Gasteiger partial charge in [-0.2, -0.15) is 0 Å². The van der Waals surface area contributed by atoms with Crippen LogP contribution in [0.1, 0.15) is 32.3 Å². The average molecular weight is 377 g/mol. The number of amides is 3. The second-order valence-electron chi connectivity index (χ2n) is 7.05. The predicted octanol–water partition coefficient (Wildman–Crippen LogP) is 2.21. The second-order valence-corrected chi connectivity index (χ2v) is 7.05. The minimum atomic E-state index is -0.491. The fourth-order valence-corrected chi connectivity index (χ4v) is 3.30. The average Bonchev–Trinajstić information content (AvgIpc) is 3.19. The van der Waals surface area contributed by atoms with Crippen LogP contribution in [-0.4, -0.2) is 56.2 Å². The zero-order valence-corrected chi connectivity index (χ0v) is 15.9. The number of rotatable bonds is 5. The topological polar surface area (TPSA) is 97.9 Å². The standard InChI is InChI=1S/C19H27N3O5/c1-4-20-19(24)27-15-10-26-16-14(9-25-17(15)16)22-18(23)21-13-7-5-12(6-8-13)11(2)3/h5-8,11,14-17H,4,9-10H2,1-3H3,(H,20,24)(H2,21,22,23)/t14-,15-,16-,17+/m0/s1. The van der Waals surface area contributed by atoms with Gasteiger partial charge in [0.15, 0.2) is 6.10 Å². The Balaban J connectivity index is 1.50. The van der Waals surface area contributed by atoms with Crippen LogP contribution < -0.4 is 16.0 Å². The Bertz CT molecular complexity index is 664. The van der Waals surface area contributed by atoms with Crippen molar-refractivity contribution in [1.29, 1.82) is 0 Å². The van der Waals surface area contributed by atoms with E-state index in [-0.39, 0.29) is 30.9 Å². The second kappa shape index (κ2) is 8.58. The normalized spacial score (nSPS) is 26.5. The molecule has 27 heavy (non-hydrogen) atoms. The lowest BCUT2D eigenvalue weighted by molar-refractivity contribution is 0.00419. The van der Waals surface area contributed by atoms with Gasteiger partial charge in [-0.15, -0.1) is 0 Å². The van der Waals surface area contributed by atoms with E-state index >= 15 is 0 Å². The molecule has 0 aliphatic carbocycles. The molecule has 0 bridgehead atoms. The number of anilines is 1. The fourth-order valence-electron chi connectivity index (χ4n) is 3.30. The van der Waals surface area contributed by atoms with Gasteiger partial charge in [-0.1, -0.05) is 26.0 Å². The zero-order valence-electron chi connectivity index (χ0n) is 15.9. The summed E-state index contributed by atoms with van der Waals surface area (Å²) in [6, 6.07) is 7.14. The van der Waals surface area contributed by atoms with Crippen LogP contribution in [0, 0.1) is 0 Å². The van der Waals surface area contributed by atoms with Crippen LogP contribution in [0.4, 0.5) is 15.3 Å². The highest BCUT2D eigenvalue weighted by molar-refractivity contribution is 5.89. The molecular weight excluding hydrogens is 350 g/mol. The zero-order chi connectivity index (χ0) is 19.4. The summed E-state index contributed by atoms with van der Waals surface area (Å²) in [5.74, 6) is 0.439. The summed E-state index contributed by atoms with van der Waals surface area (Å²) in [4.78, 5) is 23.9. The van der Waals surface area contributed by atoms with Crippen molar-refractivity contribution in [3.05, 3.63) is 29.8 Å². The lowest BCUT2D eigenvalue weighted by Crippen LogP contribution is -2.46. The van der Waals surface area contributed by atoms with Crippen LogP contribution in [-0.2, 0) is 14.2 Å². The number of fused-ring (bicyclic) bond motifs is 1. The first-order valence-electron chi connectivity index (χ1n) is 9.33. The van der Waals surface area contributed by atoms with Gasteiger partial charge in [-0.05, 0) is 30.5 Å². The maximum atomic E-state index is 12.3. The highest BCUT2D eigenvalue weighted by Gasteiger charge is 2.50.